The van der Waals surface area contributed by atoms with Gasteiger partial charge in [-0.15, -0.1) is 0 Å². The highest BCUT2D eigenvalue weighted by Crippen LogP contribution is 2.33. The standard InChI is InChI=1S/C11H10BrNO/c1-7-3-2-4-8-9(12)5-13-10(6-14)11(7)8/h2-6,10,13H,1H3. The number of benzene rings is 1. The van der Waals surface area contributed by atoms with Crippen LogP contribution in [0.4, 0.5) is 0 Å². The van der Waals surface area contributed by atoms with Crippen molar-refractivity contribution in [1.82, 2.24) is 5.32 Å². The molecule has 1 N–H and O–H groups in total. The summed E-state index contributed by atoms with van der Waals surface area (Å²) in [7, 11) is 0. The molecule has 0 radical (unpaired) electrons. The zero-order valence-corrected chi connectivity index (χ0v) is 9.34. The van der Waals surface area contributed by atoms with Gasteiger partial charge in [0.25, 0.3) is 0 Å². The number of nitrogens with one attached hydrogen (secondary N) is 1. The van der Waals surface area contributed by atoms with Crippen molar-refractivity contribution in [3.05, 3.63) is 41.1 Å². The quantitative estimate of drug-likeness (QED) is 0.778. The summed E-state index contributed by atoms with van der Waals surface area (Å²) in [5, 5.41) is 3.04. The predicted molar refractivity (Wildman–Crippen MR) is 60.0 cm³/mol. The molecule has 1 aliphatic rings. The summed E-state index contributed by atoms with van der Waals surface area (Å²) in [6.07, 6.45) is 2.75. The summed E-state index contributed by atoms with van der Waals surface area (Å²) in [6, 6.07) is 5.81. The van der Waals surface area contributed by atoms with Crippen LogP contribution in [0.15, 0.2) is 24.4 Å². The number of carbonyl (C=O) groups excluding carboxylic acids is 1. The maximum absolute atomic E-state index is 10.9. The number of carbonyl (C=O) groups is 1. The van der Waals surface area contributed by atoms with Gasteiger partial charge in [-0.05, 0) is 39.5 Å². The highest BCUT2D eigenvalue weighted by molar-refractivity contribution is 9.15. The van der Waals surface area contributed by atoms with Crippen molar-refractivity contribution < 1.29 is 4.79 Å². The van der Waals surface area contributed by atoms with E-state index in [0.29, 0.717) is 0 Å². The third-order valence-electron chi connectivity index (χ3n) is 2.42. The van der Waals surface area contributed by atoms with Crippen LogP contribution in [-0.2, 0) is 4.79 Å². The Morgan fingerprint density at radius 3 is 3.00 bits per heavy atom. The fourth-order valence-electron chi connectivity index (χ4n) is 1.73. The lowest BCUT2D eigenvalue weighted by Gasteiger charge is -2.23. The van der Waals surface area contributed by atoms with E-state index < -0.39 is 0 Å². The van der Waals surface area contributed by atoms with Crippen LogP contribution in [0.1, 0.15) is 22.7 Å². The summed E-state index contributed by atoms with van der Waals surface area (Å²) in [5.41, 5.74) is 3.30. The molecule has 2 rings (SSSR count). The second kappa shape index (κ2) is 3.58. The Balaban J connectivity index is 2.65. The molecule has 0 saturated heterocycles. The van der Waals surface area contributed by atoms with Crippen molar-refractivity contribution in [3.63, 3.8) is 0 Å². The van der Waals surface area contributed by atoms with Gasteiger partial charge in [0.2, 0.25) is 0 Å². The molecule has 1 aliphatic heterocycles. The Hall–Kier alpha value is -1.09. The Bertz CT molecular complexity index is 412. The van der Waals surface area contributed by atoms with Gasteiger partial charge in [0.05, 0.1) is 0 Å². The van der Waals surface area contributed by atoms with Crippen molar-refractivity contribution in [3.8, 4) is 0 Å². The highest BCUT2D eigenvalue weighted by atomic mass is 79.9. The summed E-state index contributed by atoms with van der Waals surface area (Å²) >= 11 is 3.46. The smallest absolute Gasteiger partial charge is 0.146 e. The Kier molecular flexibility index (Phi) is 2.42. The topological polar surface area (TPSA) is 29.1 Å². The molecule has 14 heavy (non-hydrogen) atoms. The van der Waals surface area contributed by atoms with E-state index in [1.54, 1.807) is 0 Å². The lowest BCUT2D eigenvalue weighted by molar-refractivity contribution is -0.109. The minimum atomic E-state index is -0.215. The molecule has 0 fully saturated rings. The first kappa shape index (κ1) is 9.46. The third-order valence-corrected chi connectivity index (χ3v) is 3.07. The number of aryl methyl sites for hydroxylation is 1. The molecular weight excluding hydrogens is 242 g/mol. The monoisotopic (exact) mass is 251 g/mol. The molecule has 0 amide bonds. The van der Waals surface area contributed by atoms with E-state index in [1.165, 1.54) is 0 Å². The molecule has 1 atom stereocenters. The first-order valence-corrected chi connectivity index (χ1v) is 5.20. The normalized spacial score (nSPS) is 19.3. The van der Waals surface area contributed by atoms with Crippen LogP contribution in [-0.4, -0.2) is 6.29 Å². The average molecular weight is 252 g/mol. The van der Waals surface area contributed by atoms with Gasteiger partial charge in [0, 0.05) is 10.7 Å². The average Bonchev–Trinajstić information content (AvgIpc) is 2.20. The van der Waals surface area contributed by atoms with E-state index >= 15 is 0 Å². The Labute approximate surface area is 91.1 Å². The molecule has 0 aliphatic carbocycles. The lowest BCUT2D eigenvalue weighted by Crippen LogP contribution is -2.22. The van der Waals surface area contributed by atoms with E-state index in [2.05, 4.69) is 21.2 Å². The van der Waals surface area contributed by atoms with Gasteiger partial charge in [-0.2, -0.15) is 0 Å². The van der Waals surface area contributed by atoms with Gasteiger partial charge >= 0.3 is 0 Å². The van der Waals surface area contributed by atoms with Crippen LogP contribution in [0.2, 0.25) is 0 Å². The third kappa shape index (κ3) is 1.38. The maximum atomic E-state index is 10.9. The molecule has 0 aromatic heterocycles. The van der Waals surface area contributed by atoms with E-state index in [1.807, 2.05) is 31.3 Å². The molecule has 1 heterocycles. The van der Waals surface area contributed by atoms with Crippen LogP contribution in [0.25, 0.3) is 4.48 Å². The molecule has 0 bridgehead atoms. The van der Waals surface area contributed by atoms with Crippen molar-refractivity contribution in [2.24, 2.45) is 0 Å². The molecule has 1 unspecified atom stereocenters. The van der Waals surface area contributed by atoms with Gasteiger partial charge in [-0.1, -0.05) is 18.2 Å². The zero-order valence-electron chi connectivity index (χ0n) is 7.75. The number of halogens is 1. The van der Waals surface area contributed by atoms with E-state index in [9.17, 15) is 4.79 Å². The van der Waals surface area contributed by atoms with Gasteiger partial charge in [0.1, 0.15) is 12.3 Å². The molecule has 72 valence electrons. The summed E-state index contributed by atoms with van der Waals surface area (Å²) in [4.78, 5) is 10.9. The number of rotatable bonds is 1. The molecule has 1 aromatic carbocycles. The number of hydrogen-bond donors (Lipinski definition) is 1. The predicted octanol–water partition coefficient (Wildman–Crippen LogP) is 2.53. The van der Waals surface area contributed by atoms with Crippen molar-refractivity contribution in [1.29, 1.82) is 0 Å². The van der Waals surface area contributed by atoms with Gasteiger partial charge in [0.15, 0.2) is 0 Å². The van der Waals surface area contributed by atoms with Crippen molar-refractivity contribution >= 4 is 26.7 Å². The zero-order chi connectivity index (χ0) is 10.1. The van der Waals surface area contributed by atoms with E-state index in [-0.39, 0.29) is 6.04 Å². The maximum Gasteiger partial charge on any atom is 0.146 e. The first-order chi connectivity index (χ1) is 6.74. The Morgan fingerprint density at radius 1 is 1.50 bits per heavy atom. The number of fused-ring (bicyclic) bond motifs is 1. The van der Waals surface area contributed by atoms with E-state index in [4.69, 9.17) is 0 Å². The number of aldehydes is 1. The molecular formula is C11H10BrNO. The minimum Gasteiger partial charge on any atom is -0.377 e. The molecule has 2 nitrogen and oxygen atoms in total. The van der Waals surface area contributed by atoms with Crippen LogP contribution < -0.4 is 5.32 Å². The SMILES string of the molecule is Cc1cccc2c1C(C=O)NC=C2Br. The van der Waals surface area contributed by atoms with Crippen LogP contribution in [0.3, 0.4) is 0 Å². The number of hydrogen-bond acceptors (Lipinski definition) is 2. The largest absolute Gasteiger partial charge is 0.377 e. The van der Waals surface area contributed by atoms with Crippen LogP contribution >= 0.6 is 15.9 Å². The van der Waals surface area contributed by atoms with Gasteiger partial charge in [-0.3, -0.25) is 0 Å². The second-order valence-electron chi connectivity index (χ2n) is 3.31. The van der Waals surface area contributed by atoms with Crippen LogP contribution in [0.5, 0.6) is 0 Å². The fraction of sp³-hybridized carbons (Fsp3) is 0.182. The summed E-state index contributed by atoms with van der Waals surface area (Å²) in [6.45, 7) is 2.02. The lowest BCUT2D eigenvalue weighted by atomic mass is 9.94. The first-order valence-electron chi connectivity index (χ1n) is 4.41. The molecule has 1 aromatic rings. The minimum absolute atomic E-state index is 0.215. The molecule has 3 heteroatoms. The highest BCUT2D eigenvalue weighted by Gasteiger charge is 2.20. The van der Waals surface area contributed by atoms with E-state index in [0.717, 1.165) is 27.5 Å². The summed E-state index contributed by atoms with van der Waals surface area (Å²) < 4.78 is 0.995. The van der Waals surface area contributed by atoms with Crippen LogP contribution in [0, 0.1) is 6.92 Å². The second-order valence-corrected chi connectivity index (χ2v) is 4.16. The Morgan fingerprint density at radius 2 is 2.29 bits per heavy atom. The van der Waals surface area contributed by atoms with Gasteiger partial charge < -0.3 is 10.1 Å². The molecule has 0 spiro atoms. The van der Waals surface area contributed by atoms with Crippen molar-refractivity contribution in [2.75, 3.05) is 0 Å². The van der Waals surface area contributed by atoms with Gasteiger partial charge in [-0.25, -0.2) is 0 Å². The fourth-order valence-corrected chi connectivity index (χ4v) is 2.21. The summed E-state index contributed by atoms with van der Waals surface area (Å²) in [5.74, 6) is 0. The van der Waals surface area contributed by atoms with Crippen molar-refractivity contribution in [2.45, 2.75) is 13.0 Å². The molecule has 0 saturated carbocycles.